The summed E-state index contributed by atoms with van der Waals surface area (Å²) in [4.78, 5) is 10.4. The third-order valence-corrected chi connectivity index (χ3v) is 1.10. The maximum absolute atomic E-state index is 10.7. The minimum Gasteiger partial charge on any atom is -0.772 e. The Labute approximate surface area is 66.1 Å². The maximum Gasteiger partial charge on any atom is 0.131 e. The van der Waals surface area contributed by atoms with Gasteiger partial charge < -0.3 is 16.1 Å². The van der Waals surface area contributed by atoms with Crippen LogP contribution in [0.25, 0.3) is 0 Å². The van der Waals surface area contributed by atoms with Crippen molar-refractivity contribution in [3.05, 3.63) is 5.21 Å². The van der Waals surface area contributed by atoms with E-state index >= 15 is 0 Å². The molecule has 0 unspecified atom stereocenters. The number of ketones is 1. The van der Waals surface area contributed by atoms with Crippen LogP contribution in [0.1, 0.15) is 13.3 Å². The molecule has 0 aromatic heterocycles. The quantitative estimate of drug-likeness (QED) is 0.498. The van der Waals surface area contributed by atoms with E-state index in [1.165, 1.54) is 6.92 Å². The Balaban J connectivity index is 3.22. The third kappa shape index (κ3) is 7.41. The predicted octanol–water partition coefficient (Wildman–Crippen LogP) is -0.771. The average molecular weight is 160 g/mol. The molecule has 0 heterocycles. The van der Waals surface area contributed by atoms with E-state index in [0.29, 0.717) is 18.3 Å². The van der Waals surface area contributed by atoms with Gasteiger partial charge in [-0.1, -0.05) is 0 Å². The molecule has 11 heavy (non-hydrogen) atoms. The Morgan fingerprint density at radius 3 is 2.82 bits per heavy atom. The van der Waals surface area contributed by atoms with Crippen LogP contribution in [0.3, 0.4) is 0 Å². The topological polar surface area (TPSA) is 81.4 Å². The SMILES string of the molecule is CC(=O)CCN([O-])NCCN. The molecule has 0 aliphatic carbocycles. The van der Waals surface area contributed by atoms with Crippen LogP contribution in [-0.4, -0.2) is 30.6 Å². The maximum atomic E-state index is 10.7. The second-order valence-corrected chi connectivity index (χ2v) is 2.25. The van der Waals surface area contributed by atoms with E-state index in [1.54, 1.807) is 0 Å². The van der Waals surface area contributed by atoms with Crippen molar-refractivity contribution in [2.75, 3.05) is 19.6 Å². The van der Waals surface area contributed by atoms with Crippen LogP contribution < -0.4 is 11.2 Å². The smallest absolute Gasteiger partial charge is 0.131 e. The zero-order chi connectivity index (χ0) is 8.69. The fraction of sp³-hybridized carbons (Fsp3) is 0.833. The summed E-state index contributed by atoms with van der Waals surface area (Å²) in [5.41, 5.74) is 7.63. The van der Waals surface area contributed by atoms with E-state index in [0.717, 1.165) is 0 Å². The molecule has 0 bridgehead atoms. The number of Topliss-reactive ketones (excluding diaryl/α,β-unsaturated/α-hetero) is 1. The molecule has 0 radical (unpaired) electrons. The van der Waals surface area contributed by atoms with Gasteiger partial charge in [-0.3, -0.25) is 10.2 Å². The zero-order valence-electron chi connectivity index (χ0n) is 6.67. The second kappa shape index (κ2) is 6.23. The van der Waals surface area contributed by atoms with E-state index in [1.807, 2.05) is 0 Å². The Morgan fingerprint density at radius 2 is 2.36 bits per heavy atom. The van der Waals surface area contributed by atoms with Crippen LogP contribution in [0.15, 0.2) is 0 Å². The lowest BCUT2D eigenvalue weighted by molar-refractivity contribution is -0.117. The third-order valence-electron chi connectivity index (χ3n) is 1.10. The van der Waals surface area contributed by atoms with Gasteiger partial charge in [0.25, 0.3) is 0 Å². The number of hydrogen-bond acceptors (Lipinski definition) is 5. The van der Waals surface area contributed by atoms with E-state index in [-0.39, 0.29) is 18.7 Å². The molecule has 0 aromatic rings. The lowest BCUT2D eigenvalue weighted by Crippen LogP contribution is -2.37. The van der Waals surface area contributed by atoms with E-state index in [9.17, 15) is 10.0 Å². The van der Waals surface area contributed by atoms with Crippen LogP contribution in [-0.2, 0) is 4.79 Å². The molecule has 0 amide bonds. The summed E-state index contributed by atoms with van der Waals surface area (Å²) in [5, 5.41) is 11.3. The van der Waals surface area contributed by atoms with Crippen molar-refractivity contribution in [2.45, 2.75) is 13.3 Å². The van der Waals surface area contributed by atoms with Gasteiger partial charge in [-0.05, 0) is 6.92 Å². The number of nitrogens with two attached hydrogens (primary N) is 1. The molecule has 5 heteroatoms. The van der Waals surface area contributed by atoms with Crippen LogP contribution in [0.5, 0.6) is 0 Å². The molecule has 3 N–H and O–H groups in total. The molecule has 66 valence electrons. The van der Waals surface area contributed by atoms with Crippen molar-refractivity contribution < 1.29 is 4.79 Å². The number of rotatable bonds is 6. The summed E-state index contributed by atoms with van der Waals surface area (Å²) in [6, 6.07) is 0. The molecule has 0 spiro atoms. The van der Waals surface area contributed by atoms with E-state index < -0.39 is 0 Å². The Bertz CT molecular complexity index is 118. The number of carbonyl (C=O) groups excluding carboxylic acids is 1. The summed E-state index contributed by atoms with van der Waals surface area (Å²) in [7, 11) is 0. The summed E-state index contributed by atoms with van der Waals surface area (Å²) in [5.74, 6) is 0.0143. The van der Waals surface area contributed by atoms with Crippen molar-refractivity contribution in [2.24, 2.45) is 5.73 Å². The van der Waals surface area contributed by atoms with Crippen LogP contribution in [0.4, 0.5) is 0 Å². The van der Waals surface area contributed by atoms with Crippen LogP contribution in [0.2, 0.25) is 0 Å². The predicted molar refractivity (Wildman–Crippen MR) is 42.4 cm³/mol. The van der Waals surface area contributed by atoms with E-state index in [4.69, 9.17) is 5.73 Å². The van der Waals surface area contributed by atoms with Gasteiger partial charge in [0.1, 0.15) is 5.78 Å². The average Bonchev–Trinajstić information content (AvgIpc) is 1.97. The molecule has 0 saturated carbocycles. The van der Waals surface area contributed by atoms with E-state index in [2.05, 4.69) is 5.43 Å². The largest absolute Gasteiger partial charge is 0.772 e. The molecule has 0 saturated heterocycles. The fourth-order valence-corrected chi connectivity index (χ4v) is 0.527. The molecule has 0 atom stereocenters. The van der Waals surface area contributed by atoms with Gasteiger partial charge in [0.05, 0.1) is 0 Å². The fourth-order valence-electron chi connectivity index (χ4n) is 0.527. The highest BCUT2D eigenvalue weighted by molar-refractivity contribution is 5.75. The Morgan fingerprint density at radius 1 is 1.73 bits per heavy atom. The van der Waals surface area contributed by atoms with Gasteiger partial charge in [-0.25, -0.2) is 0 Å². The first kappa shape index (κ1) is 10.5. The molecule has 0 fully saturated rings. The van der Waals surface area contributed by atoms with Crippen molar-refractivity contribution in [1.82, 2.24) is 10.6 Å². The van der Waals surface area contributed by atoms with Gasteiger partial charge in [-0.15, -0.1) is 0 Å². The first-order valence-corrected chi connectivity index (χ1v) is 3.54. The van der Waals surface area contributed by atoms with Crippen LogP contribution in [0, 0.1) is 5.21 Å². The van der Waals surface area contributed by atoms with Crippen molar-refractivity contribution in [3.8, 4) is 0 Å². The summed E-state index contributed by atoms with van der Waals surface area (Å²) >= 11 is 0. The monoisotopic (exact) mass is 160 g/mol. The summed E-state index contributed by atoms with van der Waals surface area (Å²) in [6.45, 7) is 2.51. The van der Waals surface area contributed by atoms with Crippen molar-refractivity contribution in [3.63, 3.8) is 0 Å². The number of carbonyl (C=O) groups is 1. The molecular weight excluding hydrogens is 146 g/mol. The molecule has 5 nitrogen and oxygen atoms in total. The lowest BCUT2D eigenvalue weighted by Gasteiger charge is -2.27. The number of hydrazine groups is 1. The summed E-state index contributed by atoms with van der Waals surface area (Å²) in [6.07, 6.45) is 0.279. The second-order valence-electron chi connectivity index (χ2n) is 2.25. The van der Waals surface area contributed by atoms with Crippen molar-refractivity contribution in [1.29, 1.82) is 0 Å². The minimum atomic E-state index is 0.0143. The number of hydroxylamine groups is 1. The molecule has 0 aliphatic heterocycles. The number of nitrogens with zero attached hydrogens (tertiary/aromatic N) is 1. The van der Waals surface area contributed by atoms with Gasteiger partial charge in [0.15, 0.2) is 0 Å². The van der Waals surface area contributed by atoms with Gasteiger partial charge >= 0.3 is 0 Å². The Kier molecular flexibility index (Phi) is 5.96. The van der Waals surface area contributed by atoms with Gasteiger partial charge in [0.2, 0.25) is 0 Å². The van der Waals surface area contributed by atoms with Crippen molar-refractivity contribution >= 4 is 5.78 Å². The Hall–Kier alpha value is -0.490. The highest BCUT2D eigenvalue weighted by Gasteiger charge is 1.93. The molecular formula is C6H14N3O2-. The normalized spacial score (nSPS) is 10.5. The molecule has 0 rings (SSSR count). The lowest BCUT2D eigenvalue weighted by atomic mass is 10.3. The van der Waals surface area contributed by atoms with Gasteiger partial charge in [0, 0.05) is 26.1 Å². The van der Waals surface area contributed by atoms with Crippen LogP contribution >= 0.6 is 0 Å². The minimum absolute atomic E-state index is 0.0143. The first-order valence-electron chi connectivity index (χ1n) is 3.54. The number of hydrogen-bond donors (Lipinski definition) is 2. The standard InChI is InChI=1S/C6H14N3O2/c1-6(10)2-5-9(11)8-4-3-7/h8H,2-5,7H2,1H3/q-1. The molecule has 0 aromatic carbocycles. The highest BCUT2D eigenvalue weighted by atomic mass is 16.5. The van der Waals surface area contributed by atoms with Gasteiger partial charge in [-0.2, -0.15) is 0 Å². The highest BCUT2D eigenvalue weighted by Crippen LogP contribution is 1.84. The molecule has 0 aliphatic rings. The first-order chi connectivity index (χ1) is 5.16. The number of nitrogens with one attached hydrogen (secondary N) is 1. The zero-order valence-corrected chi connectivity index (χ0v) is 6.67. The summed E-state index contributed by atoms with van der Waals surface area (Å²) < 4.78 is 0.